The number of rotatable bonds is 7. The molecule has 0 spiro atoms. The Balaban J connectivity index is 2.17. The molecule has 0 radical (unpaired) electrons. The Labute approximate surface area is 156 Å². The van der Waals surface area contributed by atoms with Gasteiger partial charge in [0.1, 0.15) is 0 Å². The molecule has 1 aromatic carbocycles. The van der Waals surface area contributed by atoms with Crippen LogP contribution in [0.15, 0.2) is 23.1 Å². The summed E-state index contributed by atoms with van der Waals surface area (Å²) in [5.41, 5.74) is -0.821. The van der Waals surface area contributed by atoms with E-state index in [0.29, 0.717) is 23.8 Å². The molecular formula is C18H24N2O5S. The summed E-state index contributed by atoms with van der Waals surface area (Å²) < 4.78 is 0. The van der Waals surface area contributed by atoms with Crippen LogP contribution in [-0.4, -0.2) is 45.6 Å². The van der Waals surface area contributed by atoms with Crippen LogP contribution in [-0.2, 0) is 4.79 Å². The van der Waals surface area contributed by atoms with Gasteiger partial charge in [-0.2, -0.15) is 0 Å². The van der Waals surface area contributed by atoms with Crippen LogP contribution in [0.2, 0.25) is 0 Å². The molecule has 2 rings (SSSR count). The van der Waals surface area contributed by atoms with E-state index in [0.717, 1.165) is 12.2 Å². The van der Waals surface area contributed by atoms with Gasteiger partial charge in [0, 0.05) is 24.7 Å². The third kappa shape index (κ3) is 4.55. The number of hydrogen-bond acceptors (Lipinski definition) is 5. The first-order valence-electron chi connectivity index (χ1n) is 8.58. The fourth-order valence-corrected chi connectivity index (χ4v) is 4.07. The minimum absolute atomic E-state index is 0.0789. The van der Waals surface area contributed by atoms with Crippen LogP contribution in [0.25, 0.3) is 0 Å². The number of nitro groups is 1. The molecule has 1 N–H and O–H groups in total. The van der Waals surface area contributed by atoms with Crippen molar-refractivity contribution in [2.45, 2.75) is 38.5 Å². The molecule has 1 fully saturated rings. The lowest BCUT2D eigenvalue weighted by Crippen LogP contribution is -2.34. The Morgan fingerprint density at radius 1 is 1.42 bits per heavy atom. The second kappa shape index (κ2) is 8.07. The van der Waals surface area contributed by atoms with Gasteiger partial charge in [-0.15, -0.1) is 11.8 Å². The maximum atomic E-state index is 12.7. The fraction of sp³-hybridized carbons (Fsp3) is 0.556. The van der Waals surface area contributed by atoms with Crippen molar-refractivity contribution in [3.05, 3.63) is 33.9 Å². The molecule has 1 aromatic rings. The highest BCUT2D eigenvalue weighted by molar-refractivity contribution is 7.99. The quantitative estimate of drug-likeness (QED) is 0.440. The Morgan fingerprint density at radius 3 is 2.65 bits per heavy atom. The molecule has 1 saturated heterocycles. The van der Waals surface area contributed by atoms with Crippen molar-refractivity contribution in [2.75, 3.05) is 18.8 Å². The van der Waals surface area contributed by atoms with Gasteiger partial charge >= 0.3 is 5.97 Å². The number of hydrogen-bond donors (Lipinski definition) is 1. The molecule has 0 saturated carbocycles. The predicted octanol–water partition coefficient (Wildman–Crippen LogP) is 3.67. The Morgan fingerprint density at radius 2 is 2.12 bits per heavy atom. The SMILES string of the molecule is CC(C)CCSc1ccc(C(=O)N2CCC(C)(C(=O)O)C2)cc1[N+](=O)[O-]. The zero-order valence-corrected chi connectivity index (χ0v) is 16.0. The number of nitrogens with zero attached hydrogens (tertiary/aromatic N) is 2. The molecule has 1 aliphatic rings. The van der Waals surface area contributed by atoms with Gasteiger partial charge in [0.05, 0.1) is 15.2 Å². The standard InChI is InChI=1S/C18H24N2O5S/c1-12(2)6-9-26-15-5-4-13(10-14(15)20(24)25)16(21)19-8-7-18(3,11-19)17(22)23/h4-5,10,12H,6-9,11H2,1-3H3,(H,22,23). The minimum atomic E-state index is -0.964. The summed E-state index contributed by atoms with van der Waals surface area (Å²) in [5, 5.41) is 20.7. The van der Waals surface area contributed by atoms with Gasteiger partial charge in [0.15, 0.2) is 0 Å². The van der Waals surface area contributed by atoms with Crippen LogP contribution >= 0.6 is 11.8 Å². The van der Waals surface area contributed by atoms with Gasteiger partial charge in [-0.3, -0.25) is 19.7 Å². The first kappa shape index (κ1) is 20.2. The molecule has 1 atom stereocenters. The lowest BCUT2D eigenvalue weighted by Gasteiger charge is -2.20. The van der Waals surface area contributed by atoms with Crippen molar-refractivity contribution >= 4 is 29.3 Å². The van der Waals surface area contributed by atoms with Gasteiger partial charge in [-0.05, 0) is 43.6 Å². The van der Waals surface area contributed by atoms with Crippen molar-refractivity contribution < 1.29 is 19.6 Å². The van der Waals surface area contributed by atoms with Crippen molar-refractivity contribution in [2.24, 2.45) is 11.3 Å². The zero-order valence-electron chi connectivity index (χ0n) is 15.2. The predicted molar refractivity (Wildman–Crippen MR) is 99.5 cm³/mol. The molecule has 0 bridgehead atoms. The summed E-state index contributed by atoms with van der Waals surface area (Å²) in [6, 6.07) is 4.50. The summed E-state index contributed by atoms with van der Waals surface area (Å²) in [4.78, 5) is 36.9. The molecule has 8 heteroatoms. The number of thioether (sulfide) groups is 1. The lowest BCUT2D eigenvalue weighted by molar-refractivity contribution is -0.387. The highest BCUT2D eigenvalue weighted by Gasteiger charge is 2.42. The number of carbonyl (C=O) groups excluding carboxylic acids is 1. The lowest BCUT2D eigenvalue weighted by atomic mass is 9.90. The molecule has 1 aliphatic heterocycles. The molecule has 26 heavy (non-hydrogen) atoms. The van der Waals surface area contributed by atoms with E-state index < -0.39 is 16.3 Å². The third-order valence-corrected chi connectivity index (χ3v) is 5.73. The van der Waals surface area contributed by atoms with E-state index in [-0.39, 0.29) is 23.7 Å². The van der Waals surface area contributed by atoms with Crippen molar-refractivity contribution in [1.82, 2.24) is 4.90 Å². The van der Waals surface area contributed by atoms with Gasteiger partial charge in [0.2, 0.25) is 0 Å². The summed E-state index contributed by atoms with van der Waals surface area (Å²) in [5.74, 6) is -0.0110. The van der Waals surface area contributed by atoms with Crippen LogP contribution in [0.3, 0.4) is 0 Å². The first-order chi connectivity index (χ1) is 12.1. The smallest absolute Gasteiger partial charge is 0.311 e. The summed E-state index contributed by atoms with van der Waals surface area (Å²) >= 11 is 1.42. The molecule has 1 unspecified atom stereocenters. The van der Waals surface area contributed by atoms with Crippen molar-refractivity contribution in [1.29, 1.82) is 0 Å². The van der Waals surface area contributed by atoms with E-state index in [9.17, 15) is 24.8 Å². The first-order valence-corrected chi connectivity index (χ1v) is 9.56. The second-order valence-corrected chi connectivity index (χ2v) is 8.45. The average molecular weight is 380 g/mol. The number of benzene rings is 1. The maximum absolute atomic E-state index is 12.7. The van der Waals surface area contributed by atoms with E-state index in [2.05, 4.69) is 13.8 Å². The fourth-order valence-electron chi connectivity index (χ4n) is 2.81. The van der Waals surface area contributed by atoms with Gasteiger partial charge < -0.3 is 10.0 Å². The Kier molecular flexibility index (Phi) is 6.28. The van der Waals surface area contributed by atoms with Crippen LogP contribution in [0.4, 0.5) is 5.69 Å². The Hall–Kier alpha value is -2.09. The molecule has 0 aliphatic carbocycles. The molecule has 1 heterocycles. The third-order valence-electron chi connectivity index (χ3n) is 4.63. The topological polar surface area (TPSA) is 101 Å². The number of carbonyl (C=O) groups is 2. The molecule has 7 nitrogen and oxygen atoms in total. The summed E-state index contributed by atoms with van der Waals surface area (Å²) in [6.07, 6.45) is 1.32. The summed E-state index contributed by atoms with van der Waals surface area (Å²) in [6.45, 7) is 6.25. The molecule has 0 aromatic heterocycles. The average Bonchev–Trinajstić information content (AvgIpc) is 2.98. The van der Waals surface area contributed by atoms with Crippen LogP contribution in [0, 0.1) is 21.4 Å². The normalized spacial score (nSPS) is 19.8. The molecule has 1 amide bonds. The van der Waals surface area contributed by atoms with E-state index in [4.69, 9.17) is 0 Å². The Bertz CT molecular complexity index is 722. The number of aliphatic carboxylic acids is 1. The van der Waals surface area contributed by atoms with E-state index in [1.807, 2.05) is 0 Å². The van der Waals surface area contributed by atoms with Crippen LogP contribution in [0.5, 0.6) is 0 Å². The van der Waals surface area contributed by atoms with Crippen molar-refractivity contribution in [3.63, 3.8) is 0 Å². The number of nitro benzene ring substituents is 1. The highest BCUT2D eigenvalue weighted by Crippen LogP contribution is 2.34. The maximum Gasteiger partial charge on any atom is 0.311 e. The summed E-state index contributed by atoms with van der Waals surface area (Å²) in [7, 11) is 0. The number of likely N-dealkylation sites (tertiary alicyclic amines) is 1. The highest BCUT2D eigenvalue weighted by atomic mass is 32.2. The molecular weight excluding hydrogens is 356 g/mol. The zero-order chi connectivity index (χ0) is 19.5. The number of carboxylic acids is 1. The number of carboxylic acid groups (broad SMARTS) is 1. The van der Waals surface area contributed by atoms with Gasteiger partial charge in [-0.25, -0.2) is 0 Å². The van der Waals surface area contributed by atoms with Crippen LogP contribution in [0.1, 0.15) is 44.0 Å². The minimum Gasteiger partial charge on any atom is -0.481 e. The monoisotopic (exact) mass is 380 g/mol. The van der Waals surface area contributed by atoms with E-state index >= 15 is 0 Å². The molecule has 142 valence electrons. The van der Waals surface area contributed by atoms with E-state index in [1.54, 1.807) is 19.1 Å². The van der Waals surface area contributed by atoms with Crippen LogP contribution < -0.4 is 0 Å². The second-order valence-electron chi connectivity index (χ2n) is 7.31. The van der Waals surface area contributed by atoms with Gasteiger partial charge in [-0.1, -0.05) is 13.8 Å². The number of amides is 1. The largest absolute Gasteiger partial charge is 0.481 e. The van der Waals surface area contributed by atoms with E-state index in [1.165, 1.54) is 22.7 Å². The van der Waals surface area contributed by atoms with Gasteiger partial charge in [0.25, 0.3) is 11.6 Å². The van der Waals surface area contributed by atoms with Crippen molar-refractivity contribution in [3.8, 4) is 0 Å².